The van der Waals surface area contributed by atoms with Gasteiger partial charge in [-0.2, -0.15) is 0 Å². The lowest BCUT2D eigenvalue weighted by Crippen LogP contribution is -2.13. The second kappa shape index (κ2) is 8.67. The normalized spacial score (nSPS) is 11.0. The number of amides is 1. The van der Waals surface area contributed by atoms with Gasteiger partial charge in [0.05, 0.1) is 12.4 Å². The predicted octanol–water partition coefficient (Wildman–Crippen LogP) is 5.82. The first-order chi connectivity index (χ1) is 14.1. The van der Waals surface area contributed by atoms with Crippen molar-refractivity contribution in [2.75, 3.05) is 17.7 Å². The number of nitrogens with zero attached hydrogens (tertiary/aromatic N) is 1. The molecule has 2 heterocycles. The molecular formula is C21H17FN2O3S2. The summed E-state index contributed by atoms with van der Waals surface area (Å²) in [7, 11) is 0. The van der Waals surface area contributed by atoms with Gasteiger partial charge in [0.1, 0.15) is 11.5 Å². The number of benzene rings is 2. The van der Waals surface area contributed by atoms with Gasteiger partial charge in [0.25, 0.3) is 0 Å². The van der Waals surface area contributed by atoms with Crippen molar-refractivity contribution in [3.05, 3.63) is 59.7 Å². The van der Waals surface area contributed by atoms with Crippen LogP contribution in [-0.4, -0.2) is 23.3 Å². The monoisotopic (exact) mass is 428 g/mol. The van der Waals surface area contributed by atoms with Crippen molar-refractivity contribution in [2.24, 2.45) is 0 Å². The number of thiazole rings is 1. The van der Waals surface area contributed by atoms with Crippen molar-refractivity contribution in [3.63, 3.8) is 0 Å². The summed E-state index contributed by atoms with van der Waals surface area (Å²) >= 11 is 2.66. The number of carbonyl (C=O) groups is 1. The van der Waals surface area contributed by atoms with Crippen molar-refractivity contribution in [2.45, 2.75) is 11.8 Å². The Morgan fingerprint density at radius 1 is 1.28 bits per heavy atom. The molecule has 0 aliphatic rings. The quantitative estimate of drug-likeness (QED) is 0.376. The number of para-hydroxylation sites is 1. The van der Waals surface area contributed by atoms with E-state index in [-0.39, 0.29) is 17.5 Å². The average molecular weight is 429 g/mol. The number of nitrogens with one attached hydrogen (secondary N) is 1. The molecule has 0 fully saturated rings. The Bertz CT molecular complexity index is 1140. The van der Waals surface area contributed by atoms with Crippen LogP contribution < -0.4 is 10.1 Å². The topological polar surface area (TPSA) is 64.4 Å². The van der Waals surface area contributed by atoms with Crippen molar-refractivity contribution >= 4 is 45.1 Å². The first kappa shape index (κ1) is 19.5. The van der Waals surface area contributed by atoms with Crippen molar-refractivity contribution in [1.82, 2.24) is 4.98 Å². The number of fused-ring (bicyclic) bond motifs is 1. The standard InChI is InChI=1S/C21H17FN2O3S2/c1-2-26-17-5-3-4-13-10-18(27-20(13)17)16-11-29-21(23-16)24-19(25)12-28-15-8-6-14(22)7-9-15/h3-11H,2,12H2,1H3,(H,23,24,25). The average Bonchev–Trinajstić information content (AvgIpc) is 3.35. The van der Waals surface area contributed by atoms with E-state index in [0.717, 1.165) is 10.3 Å². The zero-order chi connectivity index (χ0) is 20.2. The highest BCUT2D eigenvalue weighted by Gasteiger charge is 2.14. The molecular weight excluding hydrogens is 411 g/mol. The fourth-order valence-electron chi connectivity index (χ4n) is 2.71. The Hall–Kier alpha value is -2.84. The number of furan rings is 1. The summed E-state index contributed by atoms with van der Waals surface area (Å²) in [5.74, 6) is 1.04. The molecule has 0 saturated heterocycles. The van der Waals surface area contributed by atoms with Crippen LogP contribution in [0.3, 0.4) is 0 Å². The van der Waals surface area contributed by atoms with Crippen LogP contribution in [-0.2, 0) is 4.79 Å². The molecule has 8 heteroatoms. The first-order valence-corrected chi connectivity index (χ1v) is 10.8. The molecule has 4 aromatic rings. The smallest absolute Gasteiger partial charge is 0.236 e. The summed E-state index contributed by atoms with van der Waals surface area (Å²) in [6.45, 7) is 2.48. The van der Waals surface area contributed by atoms with Gasteiger partial charge in [-0.15, -0.1) is 23.1 Å². The second-order valence-electron chi connectivity index (χ2n) is 6.05. The van der Waals surface area contributed by atoms with E-state index >= 15 is 0 Å². The van der Waals surface area contributed by atoms with Gasteiger partial charge in [-0.25, -0.2) is 9.37 Å². The molecule has 5 nitrogen and oxygen atoms in total. The number of ether oxygens (including phenoxy) is 1. The lowest BCUT2D eigenvalue weighted by Gasteiger charge is -2.02. The summed E-state index contributed by atoms with van der Waals surface area (Å²) in [6, 6.07) is 13.7. The molecule has 0 radical (unpaired) electrons. The van der Waals surface area contributed by atoms with Gasteiger partial charge in [0.15, 0.2) is 22.2 Å². The summed E-state index contributed by atoms with van der Waals surface area (Å²) in [5, 5.41) is 6.05. The number of carbonyl (C=O) groups excluding carboxylic acids is 1. The third kappa shape index (κ3) is 4.60. The number of halogens is 1. The van der Waals surface area contributed by atoms with Crippen LogP contribution >= 0.6 is 23.1 Å². The van der Waals surface area contributed by atoms with Crippen molar-refractivity contribution in [3.8, 4) is 17.2 Å². The number of hydrogen-bond acceptors (Lipinski definition) is 6. The summed E-state index contributed by atoms with van der Waals surface area (Å²) < 4.78 is 24.5. The molecule has 0 spiro atoms. The Morgan fingerprint density at radius 2 is 2.10 bits per heavy atom. The molecule has 0 bridgehead atoms. The molecule has 0 saturated carbocycles. The maximum atomic E-state index is 12.9. The zero-order valence-electron chi connectivity index (χ0n) is 15.5. The highest BCUT2D eigenvalue weighted by atomic mass is 32.2. The van der Waals surface area contributed by atoms with Gasteiger partial charge >= 0.3 is 0 Å². The van der Waals surface area contributed by atoms with E-state index < -0.39 is 0 Å². The van der Waals surface area contributed by atoms with E-state index in [2.05, 4.69) is 10.3 Å². The minimum atomic E-state index is -0.298. The van der Waals surface area contributed by atoms with E-state index in [1.807, 2.05) is 36.6 Å². The maximum Gasteiger partial charge on any atom is 0.236 e. The fraction of sp³-hybridized carbons (Fsp3) is 0.143. The molecule has 1 N–H and O–H groups in total. The molecule has 29 heavy (non-hydrogen) atoms. The molecule has 1 amide bonds. The molecule has 0 aliphatic carbocycles. The summed E-state index contributed by atoms with van der Waals surface area (Å²) in [4.78, 5) is 17.5. The fourth-order valence-corrected chi connectivity index (χ4v) is 4.13. The van der Waals surface area contributed by atoms with E-state index in [9.17, 15) is 9.18 Å². The van der Waals surface area contributed by atoms with Gasteiger partial charge in [-0.3, -0.25) is 4.79 Å². The van der Waals surface area contributed by atoms with E-state index in [4.69, 9.17) is 9.15 Å². The summed E-state index contributed by atoms with van der Waals surface area (Å²) in [6.07, 6.45) is 0. The van der Waals surface area contributed by atoms with Crippen LogP contribution in [0.5, 0.6) is 5.75 Å². The number of aromatic nitrogens is 1. The van der Waals surface area contributed by atoms with Gasteiger partial charge in [-0.05, 0) is 43.3 Å². The first-order valence-electron chi connectivity index (χ1n) is 8.92. The Balaban J connectivity index is 1.43. The molecule has 148 valence electrons. The Kier molecular flexibility index (Phi) is 5.82. The van der Waals surface area contributed by atoms with Crippen LogP contribution in [0.4, 0.5) is 9.52 Å². The summed E-state index contributed by atoms with van der Waals surface area (Å²) in [5.41, 5.74) is 1.33. The van der Waals surface area contributed by atoms with E-state index in [1.54, 1.807) is 12.1 Å². The molecule has 2 aromatic heterocycles. The van der Waals surface area contributed by atoms with Gasteiger partial charge < -0.3 is 14.5 Å². The lowest BCUT2D eigenvalue weighted by molar-refractivity contribution is -0.113. The van der Waals surface area contributed by atoms with Gasteiger partial charge in [-0.1, -0.05) is 12.1 Å². The largest absolute Gasteiger partial charge is 0.490 e. The highest BCUT2D eigenvalue weighted by molar-refractivity contribution is 8.00. The lowest BCUT2D eigenvalue weighted by atomic mass is 10.2. The molecule has 0 aliphatic heterocycles. The van der Waals surface area contributed by atoms with Crippen LogP contribution in [0, 0.1) is 5.82 Å². The van der Waals surface area contributed by atoms with Crippen molar-refractivity contribution in [1.29, 1.82) is 0 Å². The zero-order valence-corrected chi connectivity index (χ0v) is 17.1. The molecule has 2 aromatic carbocycles. The van der Waals surface area contributed by atoms with E-state index in [0.29, 0.717) is 34.5 Å². The Morgan fingerprint density at radius 3 is 2.90 bits per heavy atom. The molecule has 0 atom stereocenters. The SMILES string of the molecule is CCOc1cccc2cc(-c3csc(NC(=O)CSc4ccc(F)cc4)n3)oc12. The Labute approximate surface area is 174 Å². The van der Waals surface area contributed by atoms with Crippen LogP contribution in [0.15, 0.2) is 63.2 Å². The number of hydrogen-bond donors (Lipinski definition) is 1. The maximum absolute atomic E-state index is 12.9. The van der Waals surface area contributed by atoms with Crippen molar-refractivity contribution < 1.29 is 18.3 Å². The number of thioether (sulfide) groups is 1. The van der Waals surface area contributed by atoms with E-state index in [1.165, 1.54) is 35.2 Å². The van der Waals surface area contributed by atoms with Gasteiger partial charge in [0, 0.05) is 15.7 Å². The molecule has 0 unspecified atom stereocenters. The minimum Gasteiger partial charge on any atom is -0.490 e. The molecule has 4 rings (SSSR count). The van der Waals surface area contributed by atoms with Gasteiger partial charge in [0.2, 0.25) is 5.91 Å². The third-order valence-electron chi connectivity index (χ3n) is 3.99. The minimum absolute atomic E-state index is 0.177. The van der Waals surface area contributed by atoms with Crippen LogP contribution in [0.1, 0.15) is 6.92 Å². The second-order valence-corrected chi connectivity index (χ2v) is 7.95. The third-order valence-corrected chi connectivity index (χ3v) is 5.76. The predicted molar refractivity (Wildman–Crippen MR) is 114 cm³/mol. The van der Waals surface area contributed by atoms with Crippen LogP contribution in [0.2, 0.25) is 0 Å². The number of rotatable bonds is 7. The van der Waals surface area contributed by atoms with Crippen LogP contribution in [0.25, 0.3) is 22.4 Å². The highest BCUT2D eigenvalue weighted by Crippen LogP contribution is 2.34. The number of anilines is 1.